The number of hydrogen-bond acceptors (Lipinski definition) is 4. The average molecular weight is 444 g/mol. The van der Waals surface area contributed by atoms with E-state index < -0.39 is 0 Å². The standard InChI is InChI=1S/C27H29N3O3/c1-20(2)22-12-6-9-15-25(22)32-17-16-30-24-14-8-7-13-23(24)29-26(30)18-28-27(31)19-33-21-10-4-3-5-11-21/h3-15,20H,16-19H2,1-2H3,(H,28,31). The van der Waals surface area contributed by atoms with E-state index in [0.717, 1.165) is 22.6 Å². The van der Waals surface area contributed by atoms with Gasteiger partial charge < -0.3 is 19.4 Å². The minimum atomic E-state index is -0.195. The van der Waals surface area contributed by atoms with Gasteiger partial charge in [0.1, 0.15) is 23.9 Å². The van der Waals surface area contributed by atoms with Gasteiger partial charge in [0.15, 0.2) is 6.61 Å². The molecule has 0 saturated carbocycles. The molecule has 0 aliphatic carbocycles. The Morgan fingerprint density at radius 2 is 1.67 bits per heavy atom. The highest BCUT2D eigenvalue weighted by Crippen LogP contribution is 2.26. The van der Waals surface area contributed by atoms with E-state index >= 15 is 0 Å². The molecule has 33 heavy (non-hydrogen) atoms. The molecule has 6 nitrogen and oxygen atoms in total. The molecule has 1 heterocycles. The largest absolute Gasteiger partial charge is 0.491 e. The molecular weight excluding hydrogens is 414 g/mol. The van der Waals surface area contributed by atoms with Gasteiger partial charge in [-0.15, -0.1) is 0 Å². The minimum Gasteiger partial charge on any atom is -0.491 e. The van der Waals surface area contributed by atoms with Crippen molar-refractivity contribution in [1.82, 2.24) is 14.9 Å². The Kier molecular flexibility index (Phi) is 7.25. The molecule has 1 N–H and O–H groups in total. The molecule has 0 saturated heterocycles. The number of hydrogen-bond donors (Lipinski definition) is 1. The molecule has 0 unspecified atom stereocenters. The third-order valence-electron chi connectivity index (χ3n) is 5.40. The maximum absolute atomic E-state index is 12.3. The van der Waals surface area contributed by atoms with Crippen LogP contribution in [0.25, 0.3) is 11.0 Å². The number of nitrogens with one attached hydrogen (secondary N) is 1. The summed E-state index contributed by atoms with van der Waals surface area (Å²) in [5, 5.41) is 2.91. The van der Waals surface area contributed by atoms with Crippen LogP contribution in [0.15, 0.2) is 78.9 Å². The van der Waals surface area contributed by atoms with Crippen molar-refractivity contribution >= 4 is 16.9 Å². The first-order valence-corrected chi connectivity index (χ1v) is 11.2. The van der Waals surface area contributed by atoms with Gasteiger partial charge >= 0.3 is 0 Å². The zero-order chi connectivity index (χ0) is 23.0. The predicted molar refractivity (Wildman–Crippen MR) is 130 cm³/mol. The zero-order valence-electron chi connectivity index (χ0n) is 19.0. The van der Waals surface area contributed by atoms with Crippen LogP contribution in [-0.2, 0) is 17.9 Å². The number of nitrogens with zero attached hydrogens (tertiary/aromatic N) is 2. The van der Waals surface area contributed by atoms with Crippen LogP contribution in [0.2, 0.25) is 0 Å². The van der Waals surface area contributed by atoms with Crippen molar-refractivity contribution in [2.24, 2.45) is 0 Å². The number of rotatable bonds is 10. The number of amides is 1. The number of imidazole rings is 1. The first kappa shape index (κ1) is 22.4. The van der Waals surface area contributed by atoms with Gasteiger partial charge in [-0.05, 0) is 41.8 Å². The van der Waals surface area contributed by atoms with Crippen LogP contribution in [0.3, 0.4) is 0 Å². The van der Waals surface area contributed by atoms with Crippen LogP contribution in [0.4, 0.5) is 0 Å². The first-order chi connectivity index (χ1) is 16.1. The van der Waals surface area contributed by atoms with E-state index in [2.05, 4.69) is 29.8 Å². The summed E-state index contributed by atoms with van der Waals surface area (Å²) in [6, 6.07) is 25.4. The summed E-state index contributed by atoms with van der Waals surface area (Å²) in [5.74, 6) is 2.55. The number of carbonyl (C=O) groups excluding carboxylic acids is 1. The van der Waals surface area contributed by atoms with Gasteiger partial charge in [-0.1, -0.05) is 62.4 Å². The van der Waals surface area contributed by atoms with Crippen LogP contribution >= 0.6 is 0 Å². The van der Waals surface area contributed by atoms with Crippen LogP contribution in [0.1, 0.15) is 31.2 Å². The van der Waals surface area contributed by atoms with Crippen molar-refractivity contribution < 1.29 is 14.3 Å². The van der Waals surface area contributed by atoms with Gasteiger partial charge in [0, 0.05) is 0 Å². The Hall–Kier alpha value is -3.80. The predicted octanol–water partition coefficient (Wildman–Crippen LogP) is 4.93. The van der Waals surface area contributed by atoms with Gasteiger partial charge in [-0.2, -0.15) is 0 Å². The van der Waals surface area contributed by atoms with E-state index in [1.54, 1.807) is 0 Å². The van der Waals surface area contributed by atoms with E-state index in [1.165, 1.54) is 5.56 Å². The maximum Gasteiger partial charge on any atom is 0.258 e. The molecule has 0 fully saturated rings. The summed E-state index contributed by atoms with van der Waals surface area (Å²) >= 11 is 0. The van der Waals surface area contributed by atoms with Crippen molar-refractivity contribution in [1.29, 1.82) is 0 Å². The highest BCUT2D eigenvalue weighted by molar-refractivity contribution is 5.78. The van der Waals surface area contributed by atoms with Crippen LogP contribution in [0, 0.1) is 0 Å². The Labute approximate surface area is 194 Å². The Morgan fingerprint density at radius 3 is 2.48 bits per heavy atom. The molecule has 1 aromatic heterocycles. The number of para-hydroxylation sites is 4. The van der Waals surface area contributed by atoms with Crippen molar-refractivity contribution in [3.05, 3.63) is 90.3 Å². The highest BCUT2D eigenvalue weighted by Gasteiger charge is 2.13. The minimum absolute atomic E-state index is 0.0423. The molecular formula is C27H29N3O3. The van der Waals surface area contributed by atoms with E-state index in [9.17, 15) is 4.79 Å². The number of aromatic nitrogens is 2. The SMILES string of the molecule is CC(C)c1ccccc1OCCn1c(CNC(=O)COc2ccccc2)nc2ccccc21. The summed E-state index contributed by atoms with van der Waals surface area (Å²) in [5.41, 5.74) is 3.10. The second-order valence-electron chi connectivity index (χ2n) is 8.09. The molecule has 0 aliphatic heterocycles. The van der Waals surface area contributed by atoms with Gasteiger partial charge in [-0.3, -0.25) is 4.79 Å². The van der Waals surface area contributed by atoms with Gasteiger partial charge in [0.05, 0.1) is 24.1 Å². The monoisotopic (exact) mass is 443 g/mol. The fourth-order valence-corrected chi connectivity index (χ4v) is 3.74. The van der Waals surface area contributed by atoms with E-state index in [0.29, 0.717) is 31.4 Å². The smallest absolute Gasteiger partial charge is 0.258 e. The molecule has 3 aromatic carbocycles. The zero-order valence-corrected chi connectivity index (χ0v) is 19.0. The fourth-order valence-electron chi connectivity index (χ4n) is 3.74. The average Bonchev–Trinajstić information content (AvgIpc) is 3.20. The molecule has 0 atom stereocenters. The Bertz CT molecular complexity index is 1200. The molecule has 0 bridgehead atoms. The van der Waals surface area contributed by atoms with E-state index in [-0.39, 0.29) is 12.5 Å². The third kappa shape index (κ3) is 5.71. The van der Waals surface area contributed by atoms with E-state index in [1.807, 2.05) is 72.8 Å². The number of carbonyl (C=O) groups is 1. The second-order valence-corrected chi connectivity index (χ2v) is 8.09. The number of fused-ring (bicyclic) bond motifs is 1. The molecule has 0 spiro atoms. The molecule has 4 rings (SSSR count). The number of ether oxygens (including phenoxy) is 2. The second kappa shape index (κ2) is 10.7. The summed E-state index contributed by atoms with van der Waals surface area (Å²) in [6.07, 6.45) is 0. The van der Waals surface area contributed by atoms with Crippen molar-refractivity contribution in [3.8, 4) is 11.5 Å². The molecule has 0 radical (unpaired) electrons. The van der Waals surface area contributed by atoms with Crippen molar-refractivity contribution in [3.63, 3.8) is 0 Å². The van der Waals surface area contributed by atoms with Crippen LogP contribution in [-0.4, -0.2) is 28.7 Å². The third-order valence-corrected chi connectivity index (χ3v) is 5.40. The highest BCUT2D eigenvalue weighted by atomic mass is 16.5. The topological polar surface area (TPSA) is 65.4 Å². The van der Waals surface area contributed by atoms with Crippen LogP contribution < -0.4 is 14.8 Å². The molecule has 0 aliphatic rings. The Morgan fingerprint density at radius 1 is 0.939 bits per heavy atom. The van der Waals surface area contributed by atoms with Crippen LogP contribution in [0.5, 0.6) is 11.5 Å². The lowest BCUT2D eigenvalue weighted by Gasteiger charge is -2.15. The quantitative estimate of drug-likeness (QED) is 0.377. The molecule has 1 amide bonds. The van der Waals surface area contributed by atoms with Crippen molar-refractivity contribution in [2.45, 2.75) is 32.9 Å². The fraction of sp³-hybridized carbons (Fsp3) is 0.259. The van der Waals surface area contributed by atoms with Crippen molar-refractivity contribution in [2.75, 3.05) is 13.2 Å². The normalized spacial score (nSPS) is 11.0. The number of benzene rings is 3. The summed E-state index contributed by atoms with van der Waals surface area (Å²) in [4.78, 5) is 17.0. The molecule has 170 valence electrons. The lowest BCUT2D eigenvalue weighted by Crippen LogP contribution is -2.29. The lowest BCUT2D eigenvalue weighted by atomic mass is 10.0. The van der Waals surface area contributed by atoms with Gasteiger partial charge in [-0.25, -0.2) is 4.98 Å². The van der Waals surface area contributed by atoms with Gasteiger partial charge in [0.2, 0.25) is 0 Å². The van der Waals surface area contributed by atoms with Gasteiger partial charge in [0.25, 0.3) is 5.91 Å². The lowest BCUT2D eigenvalue weighted by molar-refractivity contribution is -0.123. The first-order valence-electron chi connectivity index (χ1n) is 11.2. The van der Waals surface area contributed by atoms with E-state index in [4.69, 9.17) is 14.5 Å². The molecule has 4 aromatic rings. The summed E-state index contributed by atoms with van der Waals surface area (Å²) in [6.45, 7) is 5.72. The molecule has 6 heteroatoms. The maximum atomic E-state index is 12.3. The Balaban J connectivity index is 1.41. The summed E-state index contributed by atoms with van der Waals surface area (Å²) in [7, 11) is 0. The summed E-state index contributed by atoms with van der Waals surface area (Å²) < 4.78 is 13.8.